The van der Waals surface area contributed by atoms with E-state index in [4.69, 9.17) is 18.9 Å². The second-order valence-corrected chi connectivity index (χ2v) is 18.0. The molecule has 8 N–H and O–H groups in total. The van der Waals surface area contributed by atoms with Gasteiger partial charge in [0.1, 0.15) is 60.4 Å². The molecule has 2 heterocycles. The number of carbonyl (C=O) groups excluding carboxylic acids is 2. The number of ether oxygens (including phenoxy) is 4. The third kappa shape index (κ3) is 7.66. The van der Waals surface area contributed by atoms with Crippen molar-refractivity contribution in [3.8, 4) is 0 Å². The zero-order valence-corrected chi connectivity index (χ0v) is 31.6. The van der Waals surface area contributed by atoms with E-state index >= 15 is 0 Å². The van der Waals surface area contributed by atoms with Crippen molar-refractivity contribution in [3.63, 3.8) is 0 Å². The molecule has 0 unspecified atom stereocenters. The van der Waals surface area contributed by atoms with Crippen LogP contribution in [0.25, 0.3) is 0 Å². The lowest BCUT2D eigenvalue weighted by molar-refractivity contribution is -0.315. The molecular weight excluding hydrogens is 692 g/mol. The Hall–Kier alpha value is -1.14. The molecule has 0 spiro atoms. The van der Waals surface area contributed by atoms with E-state index in [1.165, 1.54) is 0 Å². The molecule has 2 aliphatic heterocycles. The van der Waals surface area contributed by atoms with Gasteiger partial charge in [-0.05, 0) is 91.8 Å². The van der Waals surface area contributed by atoms with E-state index in [0.717, 1.165) is 32.1 Å². The molecule has 4 aliphatic carbocycles. The van der Waals surface area contributed by atoms with Gasteiger partial charge in [-0.1, -0.05) is 27.7 Å². The largest absolute Gasteiger partial charge is 0.394 e. The van der Waals surface area contributed by atoms with Crippen molar-refractivity contribution in [2.45, 2.75) is 159 Å². The lowest BCUT2D eigenvalue weighted by atomic mass is 9.44. The molecule has 0 aromatic heterocycles. The monoisotopic (exact) mass is 756 g/mol. The summed E-state index contributed by atoms with van der Waals surface area (Å²) < 4.78 is 22.9. The van der Waals surface area contributed by atoms with Crippen LogP contribution in [0.2, 0.25) is 0 Å². The van der Waals surface area contributed by atoms with Gasteiger partial charge >= 0.3 is 0 Å². The standard InChI is InChI=1S/C39H64O14/c1-18(17-50-36-34(48)32(46)30(44)28(15-40)52-36)5-8-26(42)19(2)22-6-7-23-21-14-27(43)25-13-20(9-11-39(25,4)24(21)10-12-38(22,23)3)51-37-35(49)33(47)31(45)29(16-41)53-37/h18-25,28-37,40-41,44-49H,5-17H2,1-4H3/t18-,19+,20+,21+,22-,23+,24+,25-,28-,29-,30-,31-,32+,33+,34-,35-,36-,37-,38-,39-/m1/s1. The lowest BCUT2D eigenvalue weighted by Crippen LogP contribution is -2.61. The molecule has 2 saturated heterocycles. The van der Waals surface area contributed by atoms with Gasteiger partial charge in [-0.25, -0.2) is 0 Å². The molecule has 304 valence electrons. The van der Waals surface area contributed by atoms with Crippen LogP contribution in [0, 0.1) is 52.3 Å². The van der Waals surface area contributed by atoms with Crippen molar-refractivity contribution in [2.24, 2.45) is 52.3 Å². The van der Waals surface area contributed by atoms with Crippen LogP contribution in [0.15, 0.2) is 0 Å². The van der Waals surface area contributed by atoms with E-state index in [0.29, 0.717) is 43.9 Å². The second kappa shape index (κ2) is 16.4. The van der Waals surface area contributed by atoms with E-state index in [1.54, 1.807) is 0 Å². The number of aliphatic hydroxyl groups is 8. The highest BCUT2D eigenvalue weighted by molar-refractivity contribution is 5.83. The topological polar surface area (TPSA) is 233 Å². The molecule has 14 heteroatoms. The van der Waals surface area contributed by atoms with E-state index in [1.807, 2.05) is 6.92 Å². The summed E-state index contributed by atoms with van der Waals surface area (Å²) in [6.07, 6.45) is -6.36. The molecule has 53 heavy (non-hydrogen) atoms. The maximum absolute atomic E-state index is 14.0. The van der Waals surface area contributed by atoms with Crippen LogP contribution in [-0.2, 0) is 28.5 Å². The summed E-state index contributed by atoms with van der Waals surface area (Å²) in [7, 11) is 0. The van der Waals surface area contributed by atoms with E-state index < -0.39 is 74.6 Å². The Morgan fingerprint density at radius 2 is 1.38 bits per heavy atom. The van der Waals surface area contributed by atoms with Crippen LogP contribution in [-0.4, -0.2) is 140 Å². The van der Waals surface area contributed by atoms with Crippen LogP contribution in [0.4, 0.5) is 0 Å². The average molecular weight is 757 g/mol. The minimum atomic E-state index is -1.52. The maximum Gasteiger partial charge on any atom is 0.186 e. The van der Waals surface area contributed by atoms with E-state index in [9.17, 15) is 50.4 Å². The second-order valence-electron chi connectivity index (χ2n) is 18.0. The smallest absolute Gasteiger partial charge is 0.186 e. The molecular formula is C39H64O14. The molecule has 0 bridgehead atoms. The molecule has 0 aromatic rings. The fraction of sp³-hybridized carbons (Fsp3) is 0.949. The normalized spacial score (nSPS) is 49.8. The van der Waals surface area contributed by atoms with E-state index in [-0.39, 0.29) is 64.7 Å². The Kier molecular flexibility index (Phi) is 12.8. The SMILES string of the molecule is C[C@H](CCC(=O)[C@@H](C)[C@H]1CC[C@H]2[C@@H]3CC(=O)[C@H]4C[C@@H](O[C@@H]5O[C@H](CO)[C@@H](O)[C@H](O)[C@H]5O)CC[C@]4(C)[C@H]3CC[C@]12C)CO[C@@H]1O[C@H](CO)[C@@H](O)[C@H](O)[C@H]1O. The summed E-state index contributed by atoms with van der Waals surface area (Å²) in [6.45, 7) is 7.72. The highest BCUT2D eigenvalue weighted by Crippen LogP contribution is 2.68. The highest BCUT2D eigenvalue weighted by Gasteiger charge is 2.63. The van der Waals surface area contributed by atoms with Gasteiger partial charge in [-0.2, -0.15) is 0 Å². The predicted molar refractivity (Wildman–Crippen MR) is 187 cm³/mol. The van der Waals surface area contributed by atoms with Gasteiger partial charge in [-0.15, -0.1) is 0 Å². The van der Waals surface area contributed by atoms with Gasteiger partial charge in [0.05, 0.1) is 25.9 Å². The number of fused-ring (bicyclic) bond motifs is 5. The predicted octanol–water partition coefficient (Wildman–Crippen LogP) is 0.447. The summed E-state index contributed by atoms with van der Waals surface area (Å²) in [5, 5.41) is 80.3. The first-order chi connectivity index (χ1) is 25.0. The first kappa shape index (κ1) is 41.5. The molecule has 0 amide bonds. The molecule has 0 aromatic carbocycles. The van der Waals surface area contributed by atoms with Gasteiger partial charge in [0.25, 0.3) is 0 Å². The minimum Gasteiger partial charge on any atom is -0.394 e. The van der Waals surface area contributed by atoms with Crippen molar-refractivity contribution < 1.29 is 69.4 Å². The number of rotatable bonds is 12. The Morgan fingerprint density at radius 3 is 2.02 bits per heavy atom. The number of hydrogen-bond donors (Lipinski definition) is 8. The third-order valence-electron chi connectivity index (χ3n) is 15.0. The van der Waals surface area contributed by atoms with Crippen LogP contribution in [0.1, 0.15) is 91.9 Å². The van der Waals surface area contributed by atoms with Crippen LogP contribution in [0.3, 0.4) is 0 Å². The van der Waals surface area contributed by atoms with Gasteiger partial charge in [0, 0.05) is 24.7 Å². The molecule has 20 atom stereocenters. The number of hydrogen-bond acceptors (Lipinski definition) is 14. The summed E-state index contributed by atoms with van der Waals surface area (Å²) >= 11 is 0. The lowest BCUT2D eigenvalue weighted by Gasteiger charge is -2.60. The molecule has 0 radical (unpaired) electrons. The zero-order valence-electron chi connectivity index (χ0n) is 31.6. The highest BCUT2D eigenvalue weighted by atomic mass is 16.7. The first-order valence-corrected chi connectivity index (χ1v) is 20.0. The number of aliphatic hydroxyl groups excluding tert-OH is 8. The Bertz CT molecular complexity index is 1280. The maximum atomic E-state index is 14.0. The summed E-state index contributed by atoms with van der Waals surface area (Å²) in [5.41, 5.74) is -0.231. The third-order valence-corrected chi connectivity index (χ3v) is 15.0. The molecule has 6 aliphatic rings. The van der Waals surface area contributed by atoms with Crippen molar-refractivity contribution in [1.29, 1.82) is 0 Å². The quantitative estimate of drug-likeness (QED) is 0.126. The Morgan fingerprint density at radius 1 is 0.792 bits per heavy atom. The first-order valence-electron chi connectivity index (χ1n) is 20.0. The summed E-state index contributed by atoms with van der Waals surface area (Å²) in [6, 6.07) is 0. The summed E-state index contributed by atoms with van der Waals surface area (Å²) in [4.78, 5) is 27.7. The number of Topliss-reactive ketones (excluding diaryl/α,β-unsaturated/α-hetero) is 2. The summed E-state index contributed by atoms with van der Waals surface area (Å²) in [5.74, 6) is 1.32. The van der Waals surface area contributed by atoms with Crippen molar-refractivity contribution in [3.05, 3.63) is 0 Å². The fourth-order valence-corrected chi connectivity index (χ4v) is 11.7. The molecule has 6 rings (SSSR count). The Labute approximate surface area is 312 Å². The Balaban J connectivity index is 1.02. The average Bonchev–Trinajstić information content (AvgIpc) is 3.50. The van der Waals surface area contributed by atoms with Crippen LogP contribution < -0.4 is 0 Å². The van der Waals surface area contributed by atoms with Gasteiger partial charge in [0.2, 0.25) is 0 Å². The van der Waals surface area contributed by atoms with Gasteiger partial charge in [-0.3, -0.25) is 9.59 Å². The zero-order chi connectivity index (χ0) is 38.6. The van der Waals surface area contributed by atoms with Gasteiger partial charge < -0.3 is 59.8 Å². The van der Waals surface area contributed by atoms with Crippen LogP contribution >= 0.6 is 0 Å². The van der Waals surface area contributed by atoms with Gasteiger partial charge in [0.15, 0.2) is 12.6 Å². The van der Waals surface area contributed by atoms with Crippen molar-refractivity contribution in [2.75, 3.05) is 19.8 Å². The number of carbonyl (C=O) groups is 2. The van der Waals surface area contributed by atoms with Crippen LogP contribution in [0.5, 0.6) is 0 Å². The molecule has 6 fully saturated rings. The van der Waals surface area contributed by atoms with Crippen molar-refractivity contribution >= 4 is 11.6 Å². The van der Waals surface area contributed by atoms with E-state index in [2.05, 4.69) is 20.8 Å². The fourth-order valence-electron chi connectivity index (χ4n) is 11.7. The minimum absolute atomic E-state index is 0.0407. The molecule has 14 nitrogen and oxygen atoms in total. The molecule has 4 saturated carbocycles. The van der Waals surface area contributed by atoms with Crippen molar-refractivity contribution in [1.82, 2.24) is 0 Å². The number of ketones is 2.